The molecule has 1 aliphatic rings. The molecule has 3 amide bonds. The van der Waals surface area contributed by atoms with Crippen LogP contribution in [0, 0.1) is 0 Å². The smallest absolute Gasteiger partial charge is 0.337 e. The van der Waals surface area contributed by atoms with E-state index in [4.69, 9.17) is 11.6 Å². The van der Waals surface area contributed by atoms with Gasteiger partial charge in [0.15, 0.2) is 0 Å². The van der Waals surface area contributed by atoms with Crippen LogP contribution in [0.15, 0.2) is 30.3 Å². The third-order valence-electron chi connectivity index (χ3n) is 5.09. The highest BCUT2D eigenvalue weighted by Crippen LogP contribution is 2.25. The van der Waals surface area contributed by atoms with Gasteiger partial charge in [-0.15, -0.1) is 11.3 Å². The number of anilines is 1. The van der Waals surface area contributed by atoms with Crippen LogP contribution in [-0.2, 0) is 22.4 Å². The highest BCUT2D eigenvalue weighted by Gasteiger charge is 2.42. The average Bonchev–Trinajstić information content (AvgIpc) is 3.03. The van der Waals surface area contributed by atoms with E-state index < -0.39 is 29.4 Å². The van der Waals surface area contributed by atoms with Gasteiger partial charge in [-0.1, -0.05) is 17.7 Å². The Morgan fingerprint density at radius 3 is 2.28 bits per heavy atom. The number of hydrogen-bond acceptors (Lipinski definition) is 4. The lowest BCUT2D eigenvalue weighted by molar-refractivity contribution is -0.185. The maximum Gasteiger partial charge on any atom is 0.471 e. The number of alkyl halides is 3. The Kier molecular flexibility index (Phi) is 6.85. The minimum atomic E-state index is -4.90. The maximum absolute atomic E-state index is 12.8. The number of thiophene rings is 1. The Labute approximate surface area is 191 Å². The summed E-state index contributed by atoms with van der Waals surface area (Å²) >= 11 is 6.94. The molecule has 1 aliphatic heterocycles. The number of fused-ring (bicyclic) bond motifs is 1. The molecule has 0 saturated carbocycles. The molecule has 0 saturated heterocycles. The zero-order valence-corrected chi connectivity index (χ0v) is 18.9. The molecule has 32 heavy (non-hydrogen) atoms. The first-order valence-corrected chi connectivity index (χ1v) is 10.9. The van der Waals surface area contributed by atoms with Gasteiger partial charge in [0.2, 0.25) is 5.91 Å². The summed E-state index contributed by atoms with van der Waals surface area (Å²) in [4.78, 5) is 37.8. The Morgan fingerprint density at radius 1 is 1.03 bits per heavy atom. The standard InChI is InChI=1S/C21H21ClF3N3O3S/c1-20(2,27-17(29)15-5-6-16(22)32-15)18(30)26-14-4-3-12-7-9-28(10-8-13(12)11-14)19(31)21(23,24)25/h3-6,11H,7-10H2,1-2H3,(H,26,30)(H,27,29). The molecule has 1 aromatic heterocycles. The van der Waals surface area contributed by atoms with Crippen LogP contribution >= 0.6 is 22.9 Å². The lowest BCUT2D eigenvalue weighted by Gasteiger charge is -2.25. The second-order valence-corrected chi connectivity index (χ2v) is 9.63. The Balaban J connectivity index is 1.66. The van der Waals surface area contributed by atoms with Crippen molar-refractivity contribution in [3.8, 4) is 0 Å². The molecule has 0 aliphatic carbocycles. The van der Waals surface area contributed by atoms with E-state index in [9.17, 15) is 27.6 Å². The van der Waals surface area contributed by atoms with Crippen molar-refractivity contribution in [1.82, 2.24) is 10.2 Å². The number of carbonyl (C=O) groups excluding carboxylic acids is 3. The summed E-state index contributed by atoms with van der Waals surface area (Å²) in [7, 11) is 0. The van der Waals surface area contributed by atoms with Gasteiger partial charge in [-0.2, -0.15) is 13.2 Å². The molecule has 0 fully saturated rings. The molecule has 0 atom stereocenters. The Bertz CT molecular complexity index is 1050. The summed E-state index contributed by atoms with van der Waals surface area (Å²) < 4.78 is 38.7. The minimum Gasteiger partial charge on any atom is -0.337 e. The summed E-state index contributed by atoms with van der Waals surface area (Å²) in [5, 5.41) is 5.40. The average molecular weight is 488 g/mol. The number of halogens is 4. The molecular weight excluding hydrogens is 467 g/mol. The van der Waals surface area contributed by atoms with E-state index in [2.05, 4.69) is 10.6 Å². The first-order valence-electron chi connectivity index (χ1n) is 9.74. The minimum absolute atomic E-state index is 0.0250. The lowest BCUT2D eigenvalue weighted by atomic mass is 10.0. The molecule has 3 rings (SSSR count). The molecule has 0 bridgehead atoms. The lowest BCUT2D eigenvalue weighted by Crippen LogP contribution is -2.52. The quantitative estimate of drug-likeness (QED) is 0.683. The predicted octanol–water partition coefficient (Wildman–Crippen LogP) is 4.04. The Morgan fingerprint density at radius 2 is 1.69 bits per heavy atom. The van der Waals surface area contributed by atoms with Gasteiger partial charge in [0.25, 0.3) is 5.91 Å². The third kappa shape index (κ3) is 5.60. The molecule has 2 aromatic rings. The summed E-state index contributed by atoms with van der Waals surface area (Å²) in [5.74, 6) is -2.74. The first-order chi connectivity index (χ1) is 14.9. The topological polar surface area (TPSA) is 78.5 Å². The van der Waals surface area contributed by atoms with Gasteiger partial charge in [0.05, 0.1) is 9.21 Å². The molecule has 2 heterocycles. The highest BCUT2D eigenvalue weighted by molar-refractivity contribution is 7.18. The zero-order valence-electron chi connectivity index (χ0n) is 17.3. The van der Waals surface area contributed by atoms with Crippen molar-refractivity contribution in [3.05, 3.63) is 50.7 Å². The van der Waals surface area contributed by atoms with Gasteiger partial charge in [-0.25, -0.2) is 0 Å². The second-order valence-electron chi connectivity index (χ2n) is 7.91. The molecule has 0 unspecified atom stereocenters. The third-order valence-corrected chi connectivity index (χ3v) is 6.32. The second kappa shape index (κ2) is 9.11. The fourth-order valence-electron chi connectivity index (χ4n) is 3.31. The predicted molar refractivity (Wildman–Crippen MR) is 116 cm³/mol. The SMILES string of the molecule is CC(C)(NC(=O)c1ccc(Cl)s1)C(=O)Nc1ccc2c(c1)CCN(C(=O)C(F)(F)F)CC2. The molecule has 1 aromatic carbocycles. The van der Waals surface area contributed by atoms with Gasteiger partial charge < -0.3 is 15.5 Å². The van der Waals surface area contributed by atoms with Crippen LogP contribution in [0.25, 0.3) is 0 Å². The van der Waals surface area contributed by atoms with Crippen molar-refractivity contribution in [2.45, 2.75) is 38.4 Å². The monoisotopic (exact) mass is 487 g/mol. The van der Waals surface area contributed by atoms with E-state index in [1.54, 1.807) is 44.2 Å². The molecular formula is C21H21ClF3N3O3S. The molecule has 0 spiro atoms. The van der Waals surface area contributed by atoms with Crippen LogP contribution in [0.5, 0.6) is 0 Å². The number of rotatable bonds is 4. The van der Waals surface area contributed by atoms with Gasteiger partial charge >= 0.3 is 12.1 Å². The number of hydrogen-bond donors (Lipinski definition) is 2. The fourth-order valence-corrected chi connectivity index (χ4v) is 4.25. The Hall–Kier alpha value is -2.59. The number of nitrogens with one attached hydrogen (secondary N) is 2. The molecule has 2 N–H and O–H groups in total. The van der Waals surface area contributed by atoms with Crippen molar-refractivity contribution < 1.29 is 27.6 Å². The van der Waals surface area contributed by atoms with Gasteiger partial charge in [-0.05, 0) is 62.1 Å². The largest absolute Gasteiger partial charge is 0.471 e. The van der Waals surface area contributed by atoms with Crippen LogP contribution in [-0.4, -0.2) is 47.4 Å². The van der Waals surface area contributed by atoms with E-state index in [-0.39, 0.29) is 25.9 Å². The molecule has 172 valence electrons. The summed E-state index contributed by atoms with van der Waals surface area (Å²) in [6.07, 6.45) is -4.38. The van der Waals surface area contributed by atoms with Crippen LogP contribution in [0.1, 0.15) is 34.6 Å². The highest BCUT2D eigenvalue weighted by atomic mass is 35.5. The number of carbonyl (C=O) groups is 3. The van der Waals surface area contributed by atoms with E-state index in [1.165, 1.54) is 0 Å². The van der Waals surface area contributed by atoms with Crippen molar-refractivity contribution in [3.63, 3.8) is 0 Å². The van der Waals surface area contributed by atoms with Crippen LogP contribution < -0.4 is 10.6 Å². The van der Waals surface area contributed by atoms with E-state index in [0.29, 0.717) is 14.9 Å². The van der Waals surface area contributed by atoms with Gasteiger partial charge in [0, 0.05) is 18.8 Å². The van der Waals surface area contributed by atoms with Crippen molar-refractivity contribution in [1.29, 1.82) is 0 Å². The van der Waals surface area contributed by atoms with Crippen LogP contribution in [0.4, 0.5) is 18.9 Å². The van der Waals surface area contributed by atoms with Gasteiger partial charge in [-0.3, -0.25) is 14.4 Å². The zero-order chi connectivity index (χ0) is 23.7. The summed E-state index contributed by atoms with van der Waals surface area (Å²) in [5.41, 5.74) is 0.791. The summed E-state index contributed by atoms with van der Waals surface area (Å²) in [6.45, 7) is 3.02. The number of nitrogens with zero attached hydrogens (tertiary/aromatic N) is 1. The van der Waals surface area contributed by atoms with Crippen molar-refractivity contribution >= 4 is 46.3 Å². The fraction of sp³-hybridized carbons (Fsp3) is 0.381. The van der Waals surface area contributed by atoms with Crippen molar-refractivity contribution in [2.75, 3.05) is 18.4 Å². The molecule has 11 heteroatoms. The molecule has 6 nitrogen and oxygen atoms in total. The van der Waals surface area contributed by atoms with Crippen LogP contribution in [0.3, 0.4) is 0 Å². The van der Waals surface area contributed by atoms with Crippen molar-refractivity contribution in [2.24, 2.45) is 0 Å². The number of amides is 3. The number of benzene rings is 1. The van der Waals surface area contributed by atoms with E-state index >= 15 is 0 Å². The van der Waals surface area contributed by atoms with Crippen LogP contribution in [0.2, 0.25) is 4.34 Å². The van der Waals surface area contributed by atoms with E-state index in [0.717, 1.165) is 27.4 Å². The first kappa shape index (κ1) is 24.1. The van der Waals surface area contributed by atoms with E-state index in [1.807, 2.05) is 0 Å². The molecule has 0 radical (unpaired) electrons. The van der Waals surface area contributed by atoms with Gasteiger partial charge in [0.1, 0.15) is 5.54 Å². The summed E-state index contributed by atoms with van der Waals surface area (Å²) in [6, 6.07) is 8.22. The normalized spacial score (nSPS) is 14.4. The maximum atomic E-state index is 12.8.